The van der Waals surface area contributed by atoms with Gasteiger partial charge < -0.3 is 15.2 Å². The second-order valence-electron chi connectivity index (χ2n) is 6.53. The molecule has 2 saturated heterocycles. The fourth-order valence-electron chi connectivity index (χ4n) is 4.20. The standard InChI is InChI=1S/C15H24N2O4/c18-13(19)9-12-14(20)16-6-7-17(12)11-3-8-21-15(10-11)4-1-2-5-15/h11-12H,1-10H2,(H,16,20)(H,18,19). The Hall–Kier alpha value is -1.14. The average molecular weight is 296 g/mol. The molecule has 3 rings (SSSR count). The van der Waals surface area contributed by atoms with Gasteiger partial charge in [-0.2, -0.15) is 0 Å². The SMILES string of the molecule is O=C(O)CC1C(=O)NCCN1C1CCOC2(CCCC2)C1. The minimum atomic E-state index is -0.912. The van der Waals surface area contributed by atoms with Crippen LogP contribution >= 0.6 is 0 Å². The number of carboxylic acids is 1. The zero-order valence-electron chi connectivity index (χ0n) is 12.3. The minimum Gasteiger partial charge on any atom is -0.481 e. The number of hydrogen-bond acceptors (Lipinski definition) is 4. The molecular formula is C15H24N2O4. The Bertz CT molecular complexity index is 420. The van der Waals surface area contributed by atoms with Crippen molar-refractivity contribution < 1.29 is 19.4 Å². The lowest BCUT2D eigenvalue weighted by atomic mass is 9.87. The Labute approximate surface area is 124 Å². The van der Waals surface area contributed by atoms with Crippen molar-refractivity contribution in [1.29, 1.82) is 0 Å². The molecule has 118 valence electrons. The van der Waals surface area contributed by atoms with Crippen molar-refractivity contribution in [2.45, 2.75) is 62.6 Å². The summed E-state index contributed by atoms with van der Waals surface area (Å²) in [6, 6.07) is -0.259. The summed E-state index contributed by atoms with van der Waals surface area (Å²) in [5, 5.41) is 11.9. The van der Waals surface area contributed by atoms with Crippen LogP contribution in [0.15, 0.2) is 0 Å². The lowest BCUT2D eigenvalue weighted by Gasteiger charge is -2.46. The molecule has 2 atom stereocenters. The third-order valence-corrected chi connectivity index (χ3v) is 5.19. The molecule has 6 heteroatoms. The van der Waals surface area contributed by atoms with Crippen LogP contribution in [0.25, 0.3) is 0 Å². The van der Waals surface area contributed by atoms with E-state index in [9.17, 15) is 9.59 Å². The fourth-order valence-corrected chi connectivity index (χ4v) is 4.20. The second-order valence-corrected chi connectivity index (χ2v) is 6.53. The van der Waals surface area contributed by atoms with Crippen LogP contribution in [-0.4, -0.2) is 59.3 Å². The van der Waals surface area contributed by atoms with Gasteiger partial charge in [0.05, 0.1) is 18.1 Å². The fraction of sp³-hybridized carbons (Fsp3) is 0.867. The average Bonchev–Trinajstić information content (AvgIpc) is 2.88. The van der Waals surface area contributed by atoms with Gasteiger partial charge in [0.2, 0.25) is 5.91 Å². The molecule has 2 heterocycles. The topological polar surface area (TPSA) is 78.9 Å². The molecule has 0 aromatic carbocycles. The van der Waals surface area contributed by atoms with Gasteiger partial charge in [-0.25, -0.2) is 0 Å². The quantitative estimate of drug-likeness (QED) is 0.803. The van der Waals surface area contributed by atoms with E-state index in [1.165, 1.54) is 12.8 Å². The number of carboxylic acid groups (broad SMARTS) is 1. The van der Waals surface area contributed by atoms with Gasteiger partial charge in [-0.3, -0.25) is 14.5 Å². The molecule has 3 aliphatic rings. The lowest BCUT2D eigenvalue weighted by molar-refractivity contribution is -0.148. The van der Waals surface area contributed by atoms with E-state index >= 15 is 0 Å². The Kier molecular flexibility index (Phi) is 4.17. The predicted molar refractivity (Wildman–Crippen MR) is 75.9 cm³/mol. The van der Waals surface area contributed by atoms with Crippen LogP contribution in [0.3, 0.4) is 0 Å². The number of hydrogen-bond donors (Lipinski definition) is 2. The van der Waals surface area contributed by atoms with E-state index < -0.39 is 12.0 Å². The van der Waals surface area contributed by atoms with Gasteiger partial charge in [-0.1, -0.05) is 12.8 Å². The van der Waals surface area contributed by atoms with Crippen LogP contribution in [0.1, 0.15) is 44.9 Å². The number of carbonyl (C=O) groups is 2. The summed E-state index contributed by atoms with van der Waals surface area (Å²) in [6.07, 6.45) is 6.36. The maximum atomic E-state index is 12.0. The number of carbonyl (C=O) groups excluding carboxylic acids is 1. The minimum absolute atomic E-state index is 0.00931. The molecule has 1 saturated carbocycles. The molecule has 2 N–H and O–H groups in total. The molecule has 0 bridgehead atoms. The zero-order valence-corrected chi connectivity index (χ0v) is 12.3. The maximum Gasteiger partial charge on any atom is 0.305 e. The van der Waals surface area contributed by atoms with Gasteiger partial charge in [0.15, 0.2) is 0 Å². The van der Waals surface area contributed by atoms with Gasteiger partial charge in [-0.15, -0.1) is 0 Å². The number of piperazine rings is 1. The second kappa shape index (κ2) is 5.93. The van der Waals surface area contributed by atoms with Crippen molar-refractivity contribution in [3.63, 3.8) is 0 Å². The first-order valence-electron chi connectivity index (χ1n) is 7.99. The van der Waals surface area contributed by atoms with Crippen LogP contribution in [0.5, 0.6) is 0 Å². The van der Waals surface area contributed by atoms with Crippen LogP contribution in [-0.2, 0) is 14.3 Å². The van der Waals surface area contributed by atoms with Gasteiger partial charge >= 0.3 is 5.97 Å². The molecular weight excluding hydrogens is 272 g/mol. The van der Waals surface area contributed by atoms with Crippen molar-refractivity contribution >= 4 is 11.9 Å². The van der Waals surface area contributed by atoms with E-state index in [0.717, 1.165) is 38.8 Å². The third kappa shape index (κ3) is 3.06. The first-order valence-corrected chi connectivity index (χ1v) is 7.99. The molecule has 1 spiro atoms. The van der Waals surface area contributed by atoms with E-state index in [2.05, 4.69) is 10.2 Å². The van der Waals surface area contributed by atoms with Gasteiger partial charge in [-0.05, 0) is 25.7 Å². The number of rotatable bonds is 3. The van der Waals surface area contributed by atoms with Crippen molar-refractivity contribution in [2.24, 2.45) is 0 Å². The first kappa shape index (κ1) is 14.8. The highest BCUT2D eigenvalue weighted by Crippen LogP contribution is 2.41. The van der Waals surface area contributed by atoms with Gasteiger partial charge in [0.1, 0.15) is 0 Å². The van der Waals surface area contributed by atoms with Crippen molar-refractivity contribution in [3.8, 4) is 0 Å². The molecule has 1 amide bonds. The first-order chi connectivity index (χ1) is 10.1. The lowest BCUT2D eigenvalue weighted by Crippen LogP contribution is -2.61. The highest BCUT2D eigenvalue weighted by atomic mass is 16.5. The number of ether oxygens (including phenoxy) is 1. The number of nitrogens with one attached hydrogen (secondary N) is 1. The summed E-state index contributed by atoms with van der Waals surface area (Å²) >= 11 is 0. The largest absolute Gasteiger partial charge is 0.481 e. The molecule has 3 fully saturated rings. The van der Waals surface area contributed by atoms with E-state index in [1.807, 2.05) is 0 Å². The summed E-state index contributed by atoms with van der Waals surface area (Å²) in [5.74, 6) is -1.06. The summed E-state index contributed by atoms with van der Waals surface area (Å²) in [5.41, 5.74) is -0.00931. The Balaban J connectivity index is 1.73. The van der Waals surface area contributed by atoms with Gasteiger partial charge in [0, 0.05) is 25.7 Å². The van der Waals surface area contributed by atoms with Gasteiger partial charge in [0.25, 0.3) is 0 Å². The number of aliphatic carboxylic acids is 1. The Morgan fingerprint density at radius 2 is 2.19 bits per heavy atom. The number of amides is 1. The maximum absolute atomic E-state index is 12.0. The van der Waals surface area contributed by atoms with Crippen LogP contribution in [0.4, 0.5) is 0 Å². The van der Waals surface area contributed by atoms with E-state index in [4.69, 9.17) is 9.84 Å². The highest BCUT2D eigenvalue weighted by Gasteiger charge is 2.44. The molecule has 2 aliphatic heterocycles. The van der Waals surface area contributed by atoms with Crippen LogP contribution < -0.4 is 5.32 Å². The smallest absolute Gasteiger partial charge is 0.305 e. The summed E-state index contributed by atoms with van der Waals surface area (Å²) in [4.78, 5) is 25.2. The molecule has 1 aliphatic carbocycles. The number of nitrogens with zero attached hydrogens (tertiary/aromatic N) is 1. The zero-order chi connectivity index (χ0) is 14.9. The summed E-state index contributed by atoms with van der Waals surface area (Å²) in [6.45, 7) is 2.08. The highest BCUT2D eigenvalue weighted by molar-refractivity contribution is 5.86. The molecule has 0 aromatic rings. The molecule has 6 nitrogen and oxygen atoms in total. The molecule has 2 unspecified atom stereocenters. The van der Waals surface area contributed by atoms with Crippen LogP contribution in [0.2, 0.25) is 0 Å². The van der Waals surface area contributed by atoms with Crippen molar-refractivity contribution in [1.82, 2.24) is 10.2 Å². The molecule has 21 heavy (non-hydrogen) atoms. The Morgan fingerprint density at radius 3 is 2.90 bits per heavy atom. The van der Waals surface area contributed by atoms with Crippen LogP contribution in [0, 0.1) is 0 Å². The van der Waals surface area contributed by atoms with E-state index in [1.54, 1.807) is 0 Å². The normalized spacial score (nSPS) is 33.0. The molecule has 0 radical (unpaired) electrons. The third-order valence-electron chi connectivity index (χ3n) is 5.19. The Morgan fingerprint density at radius 1 is 1.43 bits per heavy atom. The van der Waals surface area contributed by atoms with Crippen molar-refractivity contribution in [3.05, 3.63) is 0 Å². The summed E-state index contributed by atoms with van der Waals surface area (Å²) < 4.78 is 6.05. The van der Waals surface area contributed by atoms with Crippen molar-refractivity contribution in [2.75, 3.05) is 19.7 Å². The van der Waals surface area contributed by atoms with E-state index in [-0.39, 0.29) is 24.0 Å². The van der Waals surface area contributed by atoms with E-state index in [0.29, 0.717) is 6.54 Å². The monoisotopic (exact) mass is 296 g/mol. The summed E-state index contributed by atoms with van der Waals surface area (Å²) in [7, 11) is 0. The predicted octanol–water partition coefficient (Wildman–Crippen LogP) is 0.753. The molecule has 0 aromatic heterocycles.